The Morgan fingerprint density at radius 1 is 1.73 bits per heavy atom. The predicted molar refractivity (Wildman–Crippen MR) is 58.2 cm³/mol. The fourth-order valence-corrected chi connectivity index (χ4v) is 2.70. The number of carboxylic acid groups (broad SMARTS) is 1. The maximum Gasteiger partial charge on any atom is 0.309 e. The number of thiazole rings is 1. The highest BCUT2D eigenvalue weighted by molar-refractivity contribution is 7.09. The molecule has 0 aromatic carbocycles. The fraction of sp³-hybridized carbons (Fsp3) is 0.600. The second-order valence-electron chi connectivity index (χ2n) is 3.80. The van der Waals surface area contributed by atoms with E-state index in [2.05, 4.69) is 10.3 Å². The van der Waals surface area contributed by atoms with Crippen molar-refractivity contribution in [1.82, 2.24) is 10.3 Å². The highest BCUT2D eigenvalue weighted by Gasteiger charge is 2.16. The average Bonchev–Trinajstić information content (AvgIpc) is 2.77. The number of rotatable bonds is 4. The molecular formula is C10H14N2O2S. The standard InChI is InChI=1S/C10H14N2O2S/c13-10(14)5-8-6-15-9(12-8)4-7-2-1-3-11-7/h6-7,11H,1-5H2,(H,13,14). The molecule has 2 heterocycles. The molecule has 2 N–H and O–H groups in total. The Hall–Kier alpha value is -0.940. The SMILES string of the molecule is O=C(O)Cc1csc(CC2CCCN2)n1. The normalized spacial score (nSPS) is 20.7. The van der Waals surface area contributed by atoms with Gasteiger partial charge in [-0.1, -0.05) is 0 Å². The summed E-state index contributed by atoms with van der Waals surface area (Å²) in [6.45, 7) is 1.10. The minimum absolute atomic E-state index is 0.0363. The first kappa shape index (κ1) is 10.6. The molecule has 1 fully saturated rings. The number of nitrogens with zero attached hydrogens (tertiary/aromatic N) is 1. The smallest absolute Gasteiger partial charge is 0.309 e. The highest BCUT2D eigenvalue weighted by Crippen LogP contribution is 2.16. The van der Waals surface area contributed by atoms with Crippen LogP contribution in [0.3, 0.4) is 0 Å². The van der Waals surface area contributed by atoms with Gasteiger partial charge in [0.1, 0.15) is 0 Å². The van der Waals surface area contributed by atoms with E-state index in [-0.39, 0.29) is 6.42 Å². The van der Waals surface area contributed by atoms with E-state index < -0.39 is 5.97 Å². The molecular weight excluding hydrogens is 212 g/mol. The third-order valence-electron chi connectivity index (χ3n) is 2.52. The Bertz CT molecular complexity index is 345. The Morgan fingerprint density at radius 2 is 2.60 bits per heavy atom. The average molecular weight is 226 g/mol. The lowest BCUT2D eigenvalue weighted by Gasteiger charge is -2.06. The molecule has 5 heteroatoms. The second-order valence-corrected chi connectivity index (χ2v) is 4.74. The molecule has 0 aliphatic carbocycles. The zero-order valence-corrected chi connectivity index (χ0v) is 9.22. The summed E-state index contributed by atoms with van der Waals surface area (Å²) in [7, 11) is 0. The van der Waals surface area contributed by atoms with E-state index in [0.717, 1.165) is 18.0 Å². The van der Waals surface area contributed by atoms with Crippen LogP contribution in [0.25, 0.3) is 0 Å². The summed E-state index contributed by atoms with van der Waals surface area (Å²) < 4.78 is 0. The van der Waals surface area contributed by atoms with Crippen molar-refractivity contribution in [2.24, 2.45) is 0 Å². The van der Waals surface area contributed by atoms with Crippen molar-refractivity contribution in [1.29, 1.82) is 0 Å². The van der Waals surface area contributed by atoms with E-state index in [0.29, 0.717) is 11.7 Å². The molecule has 0 spiro atoms. The molecule has 15 heavy (non-hydrogen) atoms. The quantitative estimate of drug-likeness (QED) is 0.806. The first-order chi connectivity index (χ1) is 7.24. The molecule has 2 rings (SSSR count). The van der Waals surface area contributed by atoms with Gasteiger partial charge in [0.15, 0.2) is 0 Å². The topological polar surface area (TPSA) is 62.2 Å². The van der Waals surface area contributed by atoms with Crippen LogP contribution >= 0.6 is 11.3 Å². The molecule has 0 amide bonds. The predicted octanol–water partition coefficient (Wildman–Crippen LogP) is 1.06. The summed E-state index contributed by atoms with van der Waals surface area (Å²) >= 11 is 1.56. The lowest BCUT2D eigenvalue weighted by molar-refractivity contribution is -0.136. The van der Waals surface area contributed by atoms with Gasteiger partial charge in [0.2, 0.25) is 0 Å². The van der Waals surface area contributed by atoms with Crippen LogP contribution in [0.1, 0.15) is 23.5 Å². The number of nitrogens with one attached hydrogen (secondary N) is 1. The minimum Gasteiger partial charge on any atom is -0.481 e. The Labute approximate surface area is 92.3 Å². The summed E-state index contributed by atoms with van der Waals surface area (Å²) in [6, 6.07) is 0.536. The number of carbonyl (C=O) groups is 1. The molecule has 4 nitrogen and oxygen atoms in total. The Balaban J connectivity index is 1.91. The lowest BCUT2D eigenvalue weighted by Crippen LogP contribution is -2.23. The lowest BCUT2D eigenvalue weighted by atomic mass is 10.2. The van der Waals surface area contributed by atoms with Crippen molar-refractivity contribution >= 4 is 17.3 Å². The number of aromatic nitrogens is 1. The van der Waals surface area contributed by atoms with Crippen molar-refractivity contribution in [2.45, 2.75) is 31.7 Å². The van der Waals surface area contributed by atoms with E-state index in [9.17, 15) is 4.79 Å². The second kappa shape index (κ2) is 4.72. The summed E-state index contributed by atoms with van der Waals surface area (Å²) in [5.74, 6) is -0.814. The number of hydrogen-bond donors (Lipinski definition) is 2. The van der Waals surface area contributed by atoms with Gasteiger partial charge in [-0.05, 0) is 19.4 Å². The molecule has 1 aromatic heterocycles. The number of hydrogen-bond acceptors (Lipinski definition) is 4. The van der Waals surface area contributed by atoms with Gasteiger partial charge in [0, 0.05) is 17.8 Å². The van der Waals surface area contributed by atoms with Crippen LogP contribution in [-0.4, -0.2) is 28.6 Å². The Morgan fingerprint density at radius 3 is 3.27 bits per heavy atom. The van der Waals surface area contributed by atoms with E-state index in [4.69, 9.17) is 5.11 Å². The molecule has 1 saturated heterocycles. The first-order valence-electron chi connectivity index (χ1n) is 5.12. The minimum atomic E-state index is -0.814. The third-order valence-corrected chi connectivity index (χ3v) is 3.44. The van der Waals surface area contributed by atoms with Crippen molar-refractivity contribution in [2.75, 3.05) is 6.54 Å². The molecule has 0 saturated carbocycles. The maximum atomic E-state index is 10.5. The summed E-state index contributed by atoms with van der Waals surface area (Å²) in [5, 5.41) is 14.9. The van der Waals surface area contributed by atoms with Crippen molar-refractivity contribution in [3.63, 3.8) is 0 Å². The van der Waals surface area contributed by atoms with Crippen LogP contribution in [0.4, 0.5) is 0 Å². The van der Waals surface area contributed by atoms with Crippen LogP contribution in [-0.2, 0) is 17.6 Å². The van der Waals surface area contributed by atoms with Crippen LogP contribution in [0.15, 0.2) is 5.38 Å². The van der Waals surface area contributed by atoms with Gasteiger partial charge >= 0.3 is 5.97 Å². The molecule has 0 bridgehead atoms. The molecule has 1 aliphatic rings. The molecule has 0 radical (unpaired) electrons. The van der Waals surface area contributed by atoms with E-state index in [1.807, 2.05) is 5.38 Å². The first-order valence-corrected chi connectivity index (χ1v) is 6.00. The van der Waals surface area contributed by atoms with Crippen molar-refractivity contribution in [3.8, 4) is 0 Å². The zero-order chi connectivity index (χ0) is 10.7. The van der Waals surface area contributed by atoms with Crippen LogP contribution < -0.4 is 5.32 Å². The van der Waals surface area contributed by atoms with Gasteiger partial charge in [-0.3, -0.25) is 4.79 Å². The van der Waals surface area contributed by atoms with Crippen molar-refractivity contribution < 1.29 is 9.90 Å². The molecule has 82 valence electrons. The van der Waals surface area contributed by atoms with E-state index >= 15 is 0 Å². The Kier molecular flexibility index (Phi) is 3.33. The summed E-state index contributed by atoms with van der Waals surface area (Å²) in [5.41, 5.74) is 0.681. The molecule has 1 unspecified atom stereocenters. The van der Waals surface area contributed by atoms with E-state index in [1.54, 1.807) is 11.3 Å². The highest BCUT2D eigenvalue weighted by atomic mass is 32.1. The van der Waals surface area contributed by atoms with Gasteiger partial charge < -0.3 is 10.4 Å². The van der Waals surface area contributed by atoms with Gasteiger partial charge in [0.05, 0.1) is 17.1 Å². The van der Waals surface area contributed by atoms with Gasteiger partial charge in [-0.2, -0.15) is 0 Å². The fourth-order valence-electron chi connectivity index (χ4n) is 1.82. The van der Waals surface area contributed by atoms with Crippen LogP contribution in [0.2, 0.25) is 0 Å². The maximum absolute atomic E-state index is 10.5. The van der Waals surface area contributed by atoms with Gasteiger partial charge in [0.25, 0.3) is 0 Å². The summed E-state index contributed by atoms with van der Waals surface area (Å²) in [6.07, 6.45) is 3.41. The number of aliphatic carboxylic acids is 1. The van der Waals surface area contributed by atoms with Gasteiger partial charge in [-0.15, -0.1) is 11.3 Å². The van der Waals surface area contributed by atoms with E-state index in [1.165, 1.54) is 12.8 Å². The van der Waals surface area contributed by atoms with Gasteiger partial charge in [-0.25, -0.2) is 4.98 Å². The molecule has 1 aliphatic heterocycles. The third kappa shape index (κ3) is 3.00. The largest absolute Gasteiger partial charge is 0.481 e. The monoisotopic (exact) mass is 226 g/mol. The molecule has 1 atom stereocenters. The van der Waals surface area contributed by atoms with Crippen LogP contribution in [0, 0.1) is 0 Å². The van der Waals surface area contributed by atoms with Crippen LogP contribution in [0.5, 0.6) is 0 Å². The zero-order valence-electron chi connectivity index (χ0n) is 8.40. The molecule has 1 aromatic rings. The van der Waals surface area contributed by atoms with Crippen molar-refractivity contribution in [3.05, 3.63) is 16.1 Å². The number of carboxylic acids is 1. The summed E-state index contributed by atoms with van der Waals surface area (Å²) in [4.78, 5) is 14.8.